The highest BCUT2D eigenvalue weighted by Crippen LogP contribution is 2.44. The molecule has 0 aromatic heterocycles. The van der Waals surface area contributed by atoms with E-state index in [2.05, 4.69) is 27.7 Å². The maximum atomic E-state index is 6.07. The van der Waals surface area contributed by atoms with E-state index in [9.17, 15) is 0 Å². The first-order chi connectivity index (χ1) is 6.54. The van der Waals surface area contributed by atoms with E-state index in [4.69, 9.17) is 4.74 Å². The molecule has 0 aliphatic heterocycles. The Morgan fingerprint density at radius 1 is 1.21 bits per heavy atom. The predicted molar refractivity (Wildman–Crippen MR) is 61.5 cm³/mol. The zero-order chi connectivity index (χ0) is 10.7. The number of hydrogen-bond donors (Lipinski definition) is 0. The van der Waals surface area contributed by atoms with Crippen LogP contribution < -0.4 is 0 Å². The van der Waals surface area contributed by atoms with Crippen LogP contribution in [-0.4, -0.2) is 12.2 Å². The lowest BCUT2D eigenvalue weighted by atomic mass is 9.67. The molecule has 0 bridgehead atoms. The molecule has 0 radical (unpaired) electrons. The molecular weight excluding hydrogens is 172 g/mol. The number of hydrogen-bond acceptors (Lipinski definition) is 1. The van der Waals surface area contributed by atoms with Crippen LogP contribution in [0.5, 0.6) is 0 Å². The van der Waals surface area contributed by atoms with Gasteiger partial charge in [-0.1, -0.05) is 26.7 Å². The third-order valence-electron chi connectivity index (χ3n) is 3.79. The summed E-state index contributed by atoms with van der Waals surface area (Å²) in [6.45, 7) is 9.95. The largest absolute Gasteiger partial charge is 0.375 e. The summed E-state index contributed by atoms with van der Waals surface area (Å²) in [5.74, 6) is 0. The van der Waals surface area contributed by atoms with E-state index in [0.29, 0.717) is 5.41 Å². The lowest BCUT2D eigenvalue weighted by Crippen LogP contribution is -2.38. The van der Waals surface area contributed by atoms with Crippen molar-refractivity contribution in [2.24, 2.45) is 5.41 Å². The smallest absolute Gasteiger partial charge is 0.0626 e. The fourth-order valence-corrected chi connectivity index (χ4v) is 2.30. The molecule has 14 heavy (non-hydrogen) atoms. The second kappa shape index (κ2) is 4.65. The van der Waals surface area contributed by atoms with Crippen LogP contribution in [0.25, 0.3) is 0 Å². The van der Waals surface area contributed by atoms with E-state index >= 15 is 0 Å². The molecule has 84 valence electrons. The van der Waals surface area contributed by atoms with Crippen molar-refractivity contribution in [3.63, 3.8) is 0 Å². The van der Waals surface area contributed by atoms with Crippen molar-refractivity contribution in [2.75, 3.05) is 6.61 Å². The van der Waals surface area contributed by atoms with Gasteiger partial charge in [0.1, 0.15) is 0 Å². The van der Waals surface area contributed by atoms with Gasteiger partial charge < -0.3 is 4.74 Å². The third kappa shape index (κ3) is 2.98. The van der Waals surface area contributed by atoms with Crippen LogP contribution in [0, 0.1) is 5.41 Å². The van der Waals surface area contributed by atoms with E-state index in [1.54, 1.807) is 0 Å². The average Bonchev–Trinajstić information content (AvgIpc) is 2.03. The summed E-state index contributed by atoms with van der Waals surface area (Å²) in [5.41, 5.74) is 0.636. The summed E-state index contributed by atoms with van der Waals surface area (Å²) in [6.07, 6.45) is 7.84. The van der Waals surface area contributed by atoms with E-state index < -0.39 is 0 Å². The second-order valence-corrected chi connectivity index (χ2v) is 5.51. The molecule has 0 atom stereocenters. The maximum absolute atomic E-state index is 6.07. The SMILES string of the molecule is CCCC(C)(C)OCC1(CC)CCC1. The molecule has 0 N–H and O–H groups in total. The summed E-state index contributed by atoms with van der Waals surface area (Å²) in [4.78, 5) is 0. The highest BCUT2D eigenvalue weighted by Gasteiger charge is 2.36. The van der Waals surface area contributed by atoms with Gasteiger partial charge in [-0.3, -0.25) is 0 Å². The average molecular weight is 198 g/mol. The molecular formula is C13H26O. The molecule has 1 fully saturated rings. The van der Waals surface area contributed by atoms with E-state index in [-0.39, 0.29) is 5.60 Å². The van der Waals surface area contributed by atoms with Crippen LogP contribution in [-0.2, 0) is 4.74 Å². The lowest BCUT2D eigenvalue weighted by molar-refractivity contribution is -0.0920. The summed E-state index contributed by atoms with van der Waals surface area (Å²) in [6, 6.07) is 0. The van der Waals surface area contributed by atoms with Gasteiger partial charge in [-0.2, -0.15) is 0 Å². The molecule has 0 saturated heterocycles. The molecule has 1 heteroatoms. The zero-order valence-corrected chi connectivity index (χ0v) is 10.4. The summed E-state index contributed by atoms with van der Waals surface area (Å²) >= 11 is 0. The molecule has 0 spiro atoms. The second-order valence-electron chi connectivity index (χ2n) is 5.51. The molecule has 1 nitrogen and oxygen atoms in total. The molecule has 1 aliphatic carbocycles. The Morgan fingerprint density at radius 3 is 2.21 bits per heavy atom. The van der Waals surface area contributed by atoms with Gasteiger partial charge in [0.2, 0.25) is 0 Å². The van der Waals surface area contributed by atoms with Gasteiger partial charge in [-0.15, -0.1) is 0 Å². The Morgan fingerprint density at radius 2 is 1.86 bits per heavy atom. The zero-order valence-electron chi connectivity index (χ0n) is 10.4. The topological polar surface area (TPSA) is 9.23 Å². The molecule has 1 aliphatic rings. The molecule has 0 aromatic rings. The van der Waals surface area contributed by atoms with Crippen molar-refractivity contribution in [1.82, 2.24) is 0 Å². The predicted octanol–water partition coefficient (Wildman–Crippen LogP) is 4.16. The molecule has 0 heterocycles. The first kappa shape index (κ1) is 12.0. The Labute approximate surface area is 89.2 Å². The minimum absolute atomic E-state index is 0.0898. The molecule has 0 aromatic carbocycles. The molecule has 1 saturated carbocycles. The Balaban J connectivity index is 2.31. The molecule has 0 amide bonds. The monoisotopic (exact) mass is 198 g/mol. The van der Waals surface area contributed by atoms with Gasteiger partial charge in [0, 0.05) is 0 Å². The molecule has 0 unspecified atom stereocenters. The number of rotatable bonds is 6. The van der Waals surface area contributed by atoms with Crippen molar-refractivity contribution in [2.45, 2.75) is 71.8 Å². The third-order valence-corrected chi connectivity index (χ3v) is 3.79. The molecule has 1 rings (SSSR count). The van der Waals surface area contributed by atoms with E-state index in [1.165, 1.54) is 38.5 Å². The first-order valence-corrected chi connectivity index (χ1v) is 6.17. The van der Waals surface area contributed by atoms with Crippen LogP contribution >= 0.6 is 0 Å². The summed E-state index contributed by atoms with van der Waals surface area (Å²) < 4.78 is 6.07. The van der Waals surface area contributed by atoms with Crippen LogP contribution in [0.1, 0.15) is 66.2 Å². The van der Waals surface area contributed by atoms with Crippen LogP contribution in [0.4, 0.5) is 0 Å². The van der Waals surface area contributed by atoms with Crippen LogP contribution in [0.2, 0.25) is 0 Å². The minimum Gasteiger partial charge on any atom is -0.375 e. The van der Waals surface area contributed by atoms with Crippen molar-refractivity contribution in [3.8, 4) is 0 Å². The van der Waals surface area contributed by atoms with Gasteiger partial charge in [-0.25, -0.2) is 0 Å². The van der Waals surface area contributed by atoms with E-state index in [1.807, 2.05) is 0 Å². The summed E-state index contributed by atoms with van der Waals surface area (Å²) in [5, 5.41) is 0. The lowest BCUT2D eigenvalue weighted by Gasteiger charge is -2.43. The standard InChI is InChI=1S/C13H26O/c1-5-8-12(3,4)14-11-13(6-2)9-7-10-13/h5-11H2,1-4H3. The van der Waals surface area contributed by atoms with Gasteiger partial charge in [-0.05, 0) is 44.9 Å². The highest BCUT2D eigenvalue weighted by atomic mass is 16.5. The first-order valence-electron chi connectivity index (χ1n) is 6.17. The van der Waals surface area contributed by atoms with Crippen molar-refractivity contribution in [1.29, 1.82) is 0 Å². The minimum atomic E-state index is 0.0898. The fraction of sp³-hybridized carbons (Fsp3) is 1.00. The number of ether oxygens (including phenoxy) is 1. The van der Waals surface area contributed by atoms with Crippen LogP contribution in [0.15, 0.2) is 0 Å². The van der Waals surface area contributed by atoms with Crippen molar-refractivity contribution in [3.05, 3.63) is 0 Å². The summed E-state index contributed by atoms with van der Waals surface area (Å²) in [7, 11) is 0. The Kier molecular flexibility index (Phi) is 4.00. The van der Waals surface area contributed by atoms with Gasteiger partial charge >= 0.3 is 0 Å². The van der Waals surface area contributed by atoms with Crippen molar-refractivity contribution < 1.29 is 4.74 Å². The van der Waals surface area contributed by atoms with Crippen molar-refractivity contribution >= 4 is 0 Å². The van der Waals surface area contributed by atoms with Crippen LogP contribution in [0.3, 0.4) is 0 Å². The van der Waals surface area contributed by atoms with Gasteiger partial charge in [0.05, 0.1) is 12.2 Å². The Hall–Kier alpha value is -0.0400. The Bertz CT molecular complexity index is 163. The van der Waals surface area contributed by atoms with E-state index in [0.717, 1.165) is 6.61 Å². The fourth-order valence-electron chi connectivity index (χ4n) is 2.30. The van der Waals surface area contributed by atoms with Gasteiger partial charge in [0.15, 0.2) is 0 Å². The highest BCUT2D eigenvalue weighted by molar-refractivity contribution is 4.87. The van der Waals surface area contributed by atoms with Gasteiger partial charge in [0.25, 0.3) is 0 Å². The quantitative estimate of drug-likeness (QED) is 0.622. The maximum Gasteiger partial charge on any atom is 0.0626 e. The normalized spacial score (nSPS) is 20.6.